The molecule has 0 saturated carbocycles. The van der Waals surface area contributed by atoms with Crippen molar-refractivity contribution in [2.24, 2.45) is 0 Å². The maximum absolute atomic E-state index is 10.4. The highest BCUT2D eigenvalue weighted by Gasteiger charge is 2.12. The molecular weight excluding hydrogens is 276 g/mol. The average molecular weight is 308 g/mol. The quantitative estimate of drug-likeness (QED) is 0.511. The molecule has 0 radical (unpaired) electrons. The minimum Gasteiger partial charge on any atom is -0.481 e. The standard InChI is InChI=1S/C19H32O3/c1-4-12-17-15(2)16(3)18(22-17)13-10-8-6-5-7-9-11-14-19(20)21/h4-14H2,1-3H3,(H,20,21). The molecule has 0 unspecified atom stereocenters. The maximum atomic E-state index is 10.4. The topological polar surface area (TPSA) is 50.4 Å². The van der Waals surface area contributed by atoms with E-state index in [-0.39, 0.29) is 0 Å². The van der Waals surface area contributed by atoms with Crippen LogP contribution in [0.3, 0.4) is 0 Å². The van der Waals surface area contributed by atoms with Crippen molar-refractivity contribution in [1.82, 2.24) is 0 Å². The van der Waals surface area contributed by atoms with E-state index in [9.17, 15) is 4.79 Å². The number of aliphatic carboxylic acids is 1. The van der Waals surface area contributed by atoms with Crippen LogP contribution in [0.5, 0.6) is 0 Å². The molecule has 0 aliphatic carbocycles. The van der Waals surface area contributed by atoms with Gasteiger partial charge in [-0.15, -0.1) is 0 Å². The highest BCUT2D eigenvalue weighted by Crippen LogP contribution is 2.24. The molecule has 1 heterocycles. The summed E-state index contributed by atoms with van der Waals surface area (Å²) in [4.78, 5) is 10.4. The van der Waals surface area contributed by atoms with Crippen LogP contribution >= 0.6 is 0 Å². The molecule has 0 amide bonds. The summed E-state index contributed by atoms with van der Waals surface area (Å²) in [6.07, 6.45) is 11.5. The minimum absolute atomic E-state index is 0.317. The van der Waals surface area contributed by atoms with Gasteiger partial charge in [-0.2, -0.15) is 0 Å². The number of unbranched alkanes of at least 4 members (excludes halogenated alkanes) is 6. The SMILES string of the molecule is CCCc1oc(CCCCCCCCCC(=O)O)c(C)c1C. The Bertz CT molecular complexity index is 446. The zero-order valence-corrected chi connectivity index (χ0v) is 14.5. The Hall–Kier alpha value is -1.25. The summed E-state index contributed by atoms with van der Waals surface area (Å²) in [5.74, 6) is 1.68. The second kappa shape index (κ2) is 10.5. The molecule has 1 aromatic heterocycles. The number of rotatable bonds is 12. The normalized spacial score (nSPS) is 11.0. The van der Waals surface area contributed by atoms with Gasteiger partial charge in [0.25, 0.3) is 0 Å². The lowest BCUT2D eigenvalue weighted by atomic mass is 10.0. The van der Waals surface area contributed by atoms with Gasteiger partial charge in [0.15, 0.2) is 0 Å². The molecule has 1 N–H and O–H groups in total. The van der Waals surface area contributed by atoms with E-state index >= 15 is 0 Å². The highest BCUT2D eigenvalue weighted by atomic mass is 16.4. The van der Waals surface area contributed by atoms with Crippen LogP contribution in [0.1, 0.15) is 87.4 Å². The van der Waals surface area contributed by atoms with Crippen LogP contribution in [0.4, 0.5) is 0 Å². The van der Waals surface area contributed by atoms with Gasteiger partial charge in [-0.25, -0.2) is 0 Å². The largest absolute Gasteiger partial charge is 0.481 e. The van der Waals surface area contributed by atoms with E-state index in [1.165, 1.54) is 48.3 Å². The summed E-state index contributed by atoms with van der Waals surface area (Å²) in [6, 6.07) is 0. The fourth-order valence-corrected chi connectivity index (χ4v) is 2.87. The Morgan fingerprint density at radius 3 is 1.91 bits per heavy atom. The number of furan rings is 1. The van der Waals surface area contributed by atoms with Crippen molar-refractivity contribution in [3.63, 3.8) is 0 Å². The molecule has 0 saturated heterocycles. The third kappa shape index (κ3) is 6.67. The number of hydrogen-bond acceptors (Lipinski definition) is 2. The van der Waals surface area contributed by atoms with Crippen LogP contribution in [-0.2, 0) is 17.6 Å². The summed E-state index contributed by atoms with van der Waals surface area (Å²) >= 11 is 0. The van der Waals surface area contributed by atoms with Crippen molar-refractivity contribution >= 4 is 5.97 Å². The number of aryl methyl sites for hydroxylation is 2. The molecular formula is C19H32O3. The van der Waals surface area contributed by atoms with Crippen LogP contribution in [0.25, 0.3) is 0 Å². The Morgan fingerprint density at radius 2 is 1.36 bits per heavy atom. The van der Waals surface area contributed by atoms with E-state index in [2.05, 4.69) is 20.8 Å². The van der Waals surface area contributed by atoms with Crippen molar-refractivity contribution in [2.45, 2.75) is 91.4 Å². The van der Waals surface area contributed by atoms with Gasteiger partial charge < -0.3 is 9.52 Å². The zero-order valence-electron chi connectivity index (χ0n) is 14.5. The Kier molecular flexibility index (Phi) is 8.95. The number of carboxylic acids is 1. The Balaban J connectivity index is 2.12. The first kappa shape index (κ1) is 18.8. The molecule has 1 aromatic rings. The van der Waals surface area contributed by atoms with E-state index in [1.54, 1.807) is 0 Å². The van der Waals surface area contributed by atoms with Gasteiger partial charge in [0.1, 0.15) is 11.5 Å². The summed E-state index contributed by atoms with van der Waals surface area (Å²) in [5.41, 5.74) is 2.69. The van der Waals surface area contributed by atoms with Gasteiger partial charge in [0.2, 0.25) is 0 Å². The van der Waals surface area contributed by atoms with Crippen molar-refractivity contribution in [3.8, 4) is 0 Å². The third-order valence-electron chi connectivity index (χ3n) is 4.42. The molecule has 0 spiro atoms. The predicted octanol–water partition coefficient (Wildman–Crippen LogP) is 5.60. The van der Waals surface area contributed by atoms with Gasteiger partial charge >= 0.3 is 5.97 Å². The molecule has 0 bridgehead atoms. The molecule has 3 heteroatoms. The lowest BCUT2D eigenvalue weighted by Gasteiger charge is -2.02. The summed E-state index contributed by atoms with van der Waals surface area (Å²) < 4.78 is 6.01. The number of carboxylic acid groups (broad SMARTS) is 1. The van der Waals surface area contributed by atoms with Gasteiger partial charge in [-0.1, -0.05) is 39.0 Å². The predicted molar refractivity (Wildman–Crippen MR) is 90.5 cm³/mol. The van der Waals surface area contributed by atoms with Crippen LogP contribution in [0.15, 0.2) is 4.42 Å². The van der Waals surface area contributed by atoms with Gasteiger partial charge in [-0.3, -0.25) is 4.79 Å². The first-order chi connectivity index (χ1) is 10.6. The number of carbonyl (C=O) groups is 1. The summed E-state index contributed by atoms with van der Waals surface area (Å²) in [5, 5.41) is 8.56. The number of hydrogen-bond donors (Lipinski definition) is 1. The lowest BCUT2D eigenvalue weighted by Crippen LogP contribution is -1.93. The molecule has 0 aromatic carbocycles. The molecule has 0 aliphatic rings. The van der Waals surface area contributed by atoms with Gasteiger partial charge in [0, 0.05) is 19.3 Å². The van der Waals surface area contributed by atoms with Crippen LogP contribution in [0.2, 0.25) is 0 Å². The Morgan fingerprint density at radius 1 is 0.864 bits per heavy atom. The van der Waals surface area contributed by atoms with Crippen LogP contribution in [-0.4, -0.2) is 11.1 Å². The third-order valence-corrected chi connectivity index (χ3v) is 4.42. The lowest BCUT2D eigenvalue weighted by molar-refractivity contribution is -0.137. The average Bonchev–Trinajstić information content (AvgIpc) is 2.74. The second-order valence-electron chi connectivity index (χ2n) is 6.32. The molecule has 0 fully saturated rings. The van der Waals surface area contributed by atoms with Crippen LogP contribution in [0, 0.1) is 13.8 Å². The smallest absolute Gasteiger partial charge is 0.303 e. The van der Waals surface area contributed by atoms with Crippen molar-refractivity contribution in [3.05, 3.63) is 22.6 Å². The molecule has 22 heavy (non-hydrogen) atoms. The second-order valence-corrected chi connectivity index (χ2v) is 6.32. The van der Waals surface area contributed by atoms with Crippen LogP contribution < -0.4 is 0 Å². The summed E-state index contributed by atoms with van der Waals surface area (Å²) in [7, 11) is 0. The fourth-order valence-electron chi connectivity index (χ4n) is 2.87. The molecule has 0 atom stereocenters. The molecule has 3 nitrogen and oxygen atoms in total. The van der Waals surface area contributed by atoms with E-state index in [0.717, 1.165) is 38.5 Å². The molecule has 0 aliphatic heterocycles. The Labute approximate surface area is 135 Å². The first-order valence-electron chi connectivity index (χ1n) is 8.85. The minimum atomic E-state index is -0.674. The first-order valence-corrected chi connectivity index (χ1v) is 8.85. The van der Waals surface area contributed by atoms with Crippen molar-refractivity contribution in [2.75, 3.05) is 0 Å². The van der Waals surface area contributed by atoms with E-state index < -0.39 is 5.97 Å². The van der Waals surface area contributed by atoms with E-state index in [1.807, 2.05) is 0 Å². The van der Waals surface area contributed by atoms with Crippen molar-refractivity contribution < 1.29 is 14.3 Å². The van der Waals surface area contributed by atoms with Gasteiger partial charge in [0.05, 0.1) is 0 Å². The fraction of sp³-hybridized carbons (Fsp3) is 0.737. The zero-order chi connectivity index (χ0) is 16.4. The van der Waals surface area contributed by atoms with E-state index in [0.29, 0.717) is 6.42 Å². The molecule has 1 rings (SSSR count). The van der Waals surface area contributed by atoms with Gasteiger partial charge in [-0.05, 0) is 44.2 Å². The monoisotopic (exact) mass is 308 g/mol. The maximum Gasteiger partial charge on any atom is 0.303 e. The van der Waals surface area contributed by atoms with E-state index in [4.69, 9.17) is 9.52 Å². The summed E-state index contributed by atoms with van der Waals surface area (Å²) in [6.45, 7) is 6.54. The van der Waals surface area contributed by atoms with Crippen molar-refractivity contribution in [1.29, 1.82) is 0 Å². The molecule has 126 valence electrons. The highest BCUT2D eigenvalue weighted by molar-refractivity contribution is 5.66.